The lowest BCUT2D eigenvalue weighted by Crippen LogP contribution is -2.25. The predicted molar refractivity (Wildman–Crippen MR) is 77.6 cm³/mol. The van der Waals surface area contributed by atoms with Crippen LogP contribution >= 0.6 is 11.6 Å². The van der Waals surface area contributed by atoms with Gasteiger partial charge in [-0.05, 0) is 18.1 Å². The molecule has 0 spiro atoms. The first-order chi connectivity index (χ1) is 9.44. The first kappa shape index (κ1) is 15.2. The zero-order chi connectivity index (χ0) is 14.6. The maximum atomic E-state index is 10.7. The van der Waals surface area contributed by atoms with Gasteiger partial charge in [-0.1, -0.05) is 17.7 Å². The van der Waals surface area contributed by atoms with E-state index >= 15 is 0 Å². The summed E-state index contributed by atoms with van der Waals surface area (Å²) in [6.45, 7) is 1.64. The van der Waals surface area contributed by atoms with Crippen molar-refractivity contribution >= 4 is 27.6 Å². The van der Waals surface area contributed by atoms with Crippen molar-refractivity contribution in [1.29, 1.82) is 0 Å². The third kappa shape index (κ3) is 4.73. The first-order valence-corrected chi connectivity index (χ1v) is 8.26. The van der Waals surface area contributed by atoms with Crippen LogP contribution in [0.2, 0.25) is 5.15 Å². The Balaban J connectivity index is 1.96. The molecule has 0 amide bonds. The van der Waals surface area contributed by atoms with Crippen molar-refractivity contribution in [3.05, 3.63) is 29.0 Å². The van der Waals surface area contributed by atoms with Crippen molar-refractivity contribution in [2.45, 2.75) is 19.4 Å². The monoisotopic (exact) mass is 317 g/mol. The average molecular weight is 318 g/mol. The molecule has 1 aliphatic rings. The number of likely N-dealkylation sites (tertiary alicyclic amines) is 1. The minimum absolute atomic E-state index is 0.0868. The zero-order valence-corrected chi connectivity index (χ0v) is 12.4. The van der Waals surface area contributed by atoms with Crippen molar-refractivity contribution in [3.63, 3.8) is 0 Å². The quantitative estimate of drug-likeness (QED) is 0.659. The molecule has 1 saturated heterocycles. The van der Waals surface area contributed by atoms with Crippen LogP contribution in [0.4, 0.5) is 0 Å². The van der Waals surface area contributed by atoms with Gasteiger partial charge in [0, 0.05) is 25.7 Å². The summed E-state index contributed by atoms with van der Waals surface area (Å²) in [7, 11) is -3.95. The van der Waals surface area contributed by atoms with E-state index in [4.69, 9.17) is 16.2 Å². The SMILES string of the molecule is O=S(=O)(O)CCN=C1CCCN1Cc1ccc(Cl)nc1. The number of amidine groups is 1. The minimum atomic E-state index is -3.95. The van der Waals surface area contributed by atoms with Crippen LogP contribution in [0, 0.1) is 0 Å². The van der Waals surface area contributed by atoms with E-state index in [-0.39, 0.29) is 12.3 Å². The van der Waals surface area contributed by atoms with Gasteiger partial charge in [-0.25, -0.2) is 4.98 Å². The van der Waals surface area contributed by atoms with Gasteiger partial charge in [0.1, 0.15) is 5.15 Å². The van der Waals surface area contributed by atoms with Crippen LogP contribution in [0.25, 0.3) is 0 Å². The maximum absolute atomic E-state index is 10.7. The molecule has 6 nitrogen and oxygen atoms in total. The van der Waals surface area contributed by atoms with E-state index in [1.54, 1.807) is 12.3 Å². The summed E-state index contributed by atoms with van der Waals surface area (Å²) in [6.07, 6.45) is 3.54. The highest BCUT2D eigenvalue weighted by Gasteiger charge is 2.18. The van der Waals surface area contributed by atoms with Crippen LogP contribution in [-0.2, 0) is 16.7 Å². The highest BCUT2D eigenvalue weighted by atomic mass is 35.5. The highest BCUT2D eigenvalue weighted by molar-refractivity contribution is 7.85. The van der Waals surface area contributed by atoms with E-state index in [1.165, 1.54) is 0 Å². The van der Waals surface area contributed by atoms with E-state index in [0.717, 1.165) is 30.8 Å². The van der Waals surface area contributed by atoms with Crippen molar-refractivity contribution in [1.82, 2.24) is 9.88 Å². The Morgan fingerprint density at radius 2 is 2.25 bits per heavy atom. The molecule has 110 valence electrons. The number of hydrogen-bond donors (Lipinski definition) is 1. The number of rotatable bonds is 5. The number of halogens is 1. The Labute approximate surface area is 123 Å². The van der Waals surface area contributed by atoms with Crippen LogP contribution < -0.4 is 0 Å². The molecule has 1 N–H and O–H groups in total. The molecule has 0 atom stereocenters. The Hall–Kier alpha value is -1.18. The van der Waals surface area contributed by atoms with E-state index < -0.39 is 10.1 Å². The van der Waals surface area contributed by atoms with Gasteiger partial charge < -0.3 is 4.90 Å². The molecule has 2 heterocycles. The van der Waals surface area contributed by atoms with Gasteiger partial charge in [0.15, 0.2) is 0 Å². The summed E-state index contributed by atoms with van der Waals surface area (Å²) < 4.78 is 30.0. The lowest BCUT2D eigenvalue weighted by Gasteiger charge is -2.18. The normalized spacial score (nSPS) is 17.9. The molecule has 1 fully saturated rings. The van der Waals surface area contributed by atoms with Crippen molar-refractivity contribution < 1.29 is 13.0 Å². The number of nitrogens with zero attached hydrogens (tertiary/aromatic N) is 3. The molecule has 0 saturated carbocycles. The Morgan fingerprint density at radius 3 is 2.90 bits per heavy atom. The van der Waals surface area contributed by atoms with Crippen molar-refractivity contribution in [3.8, 4) is 0 Å². The maximum Gasteiger partial charge on any atom is 0.266 e. The molecule has 1 aliphatic heterocycles. The number of hydrogen-bond acceptors (Lipinski definition) is 4. The van der Waals surface area contributed by atoms with E-state index in [1.807, 2.05) is 6.07 Å². The molecule has 0 radical (unpaired) electrons. The molecule has 1 aromatic heterocycles. The van der Waals surface area contributed by atoms with Gasteiger partial charge in [0.2, 0.25) is 0 Å². The van der Waals surface area contributed by atoms with Gasteiger partial charge in [-0.15, -0.1) is 0 Å². The number of aromatic nitrogens is 1. The summed E-state index contributed by atoms with van der Waals surface area (Å²) in [4.78, 5) is 10.4. The summed E-state index contributed by atoms with van der Waals surface area (Å²) in [5.74, 6) is 0.538. The fraction of sp³-hybridized carbons (Fsp3) is 0.500. The average Bonchev–Trinajstić information content (AvgIpc) is 2.78. The fourth-order valence-corrected chi connectivity index (χ4v) is 2.51. The molecule has 1 aromatic rings. The van der Waals surface area contributed by atoms with Crippen LogP contribution in [-0.4, -0.2) is 47.5 Å². The van der Waals surface area contributed by atoms with Crippen LogP contribution in [0.3, 0.4) is 0 Å². The molecule has 0 aliphatic carbocycles. The van der Waals surface area contributed by atoms with Crippen molar-refractivity contribution in [2.24, 2.45) is 4.99 Å². The van der Waals surface area contributed by atoms with Gasteiger partial charge in [0.05, 0.1) is 18.1 Å². The summed E-state index contributed by atoms with van der Waals surface area (Å²) in [6, 6.07) is 3.64. The Morgan fingerprint density at radius 1 is 1.45 bits per heavy atom. The third-order valence-corrected chi connectivity index (χ3v) is 3.92. The second-order valence-corrected chi connectivity index (χ2v) is 6.56. The lowest BCUT2D eigenvalue weighted by atomic mass is 10.3. The summed E-state index contributed by atoms with van der Waals surface area (Å²) in [5, 5.41) is 0.456. The Kier molecular flexibility index (Phi) is 4.95. The zero-order valence-electron chi connectivity index (χ0n) is 10.9. The minimum Gasteiger partial charge on any atom is -0.356 e. The molecular formula is C12H16ClN3O3S. The van der Waals surface area contributed by atoms with Crippen LogP contribution in [0.1, 0.15) is 18.4 Å². The number of aliphatic imine (C=N–C) groups is 1. The lowest BCUT2D eigenvalue weighted by molar-refractivity contribution is 0.446. The molecule has 0 unspecified atom stereocenters. The number of pyridine rings is 1. The third-order valence-electron chi connectivity index (χ3n) is 3.00. The molecule has 0 aromatic carbocycles. The van der Waals surface area contributed by atoms with E-state index in [2.05, 4.69) is 14.9 Å². The fourth-order valence-electron chi connectivity index (χ4n) is 2.07. The summed E-state index contributed by atoms with van der Waals surface area (Å²) in [5.41, 5.74) is 1.03. The largest absolute Gasteiger partial charge is 0.356 e. The van der Waals surface area contributed by atoms with Gasteiger partial charge in [0.25, 0.3) is 10.1 Å². The molecule has 2 rings (SSSR count). The van der Waals surface area contributed by atoms with Gasteiger partial charge in [-0.2, -0.15) is 8.42 Å². The van der Waals surface area contributed by atoms with E-state index in [0.29, 0.717) is 11.7 Å². The Bertz CT molecular complexity index is 586. The van der Waals surface area contributed by atoms with Gasteiger partial charge in [-0.3, -0.25) is 9.55 Å². The van der Waals surface area contributed by atoms with Crippen LogP contribution in [0.5, 0.6) is 0 Å². The second-order valence-electron chi connectivity index (χ2n) is 4.60. The van der Waals surface area contributed by atoms with E-state index in [9.17, 15) is 8.42 Å². The topological polar surface area (TPSA) is 82.9 Å². The molecule has 8 heteroatoms. The molecule has 0 bridgehead atoms. The highest BCUT2D eigenvalue weighted by Crippen LogP contribution is 2.16. The second kappa shape index (κ2) is 6.51. The van der Waals surface area contributed by atoms with Gasteiger partial charge >= 0.3 is 0 Å². The molecular weight excluding hydrogens is 302 g/mol. The smallest absolute Gasteiger partial charge is 0.266 e. The summed E-state index contributed by atoms with van der Waals surface area (Å²) >= 11 is 5.74. The molecule has 20 heavy (non-hydrogen) atoms. The predicted octanol–water partition coefficient (Wildman–Crippen LogP) is 1.62. The van der Waals surface area contributed by atoms with Crippen LogP contribution in [0.15, 0.2) is 23.3 Å². The standard InChI is InChI=1S/C12H16ClN3O3S/c13-11-4-3-10(8-15-11)9-16-6-1-2-12(16)14-5-7-20(17,18)19/h3-4,8H,1-2,5-7,9H2,(H,17,18,19). The first-order valence-electron chi connectivity index (χ1n) is 6.28. The van der Waals surface area contributed by atoms with Crippen molar-refractivity contribution in [2.75, 3.05) is 18.8 Å².